The second kappa shape index (κ2) is 5.65. The molecule has 0 bridgehead atoms. The first-order valence-electron chi connectivity index (χ1n) is 6.14. The van der Waals surface area contributed by atoms with E-state index in [1.54, 1.807) is 0 Å². The van der Waals surface area contributed by atoms with Crippen molar-refractivity contribution in [2.75, 3.05) is 30.0 Å². The van der Waals surface area contributed by atoms with Crippen molar-refractivity contribution >= 4 is 11.9 Å². The molecule has 2 aromatic rings. The van der Waals surface area contributed by atoms with Crippen LogP contribution in [0.1, 0.15) is 0 Å². The number of hydrogen-bond acceptors (Lipinski definition) is 10. The van der Waals surface area contributed by atoms with Crippen LogP contribution in [0.3, 0.4) is 0 Å². The van der Waals surface area contributed by atoms with Crippen molar-refractivity contribution in [3.05, 3.63) is 12.7 Å². The fourth-order valence-electron chi connectivity index (χ4n) is 1.88. The fraction of sp³-hybridized carbons (Fsp3) is 0.400. The van der Waals surface area contributed by atoms with Crippen molar-refractivity contribution in [3.8, 4) is 12.0 Å². The number of nitrogen functional groups attached to an aromatic ring is 1. The molecule has 0 aliphatic carbocycles. The average Bonchev–Trinajstić information content (AvgIpc) is 3.09. The van der Waals surface area contributed by atoms with E-state index in [9.17, 15) is 0 Å². The molecule has 11 heteroatoms. The smallest absolute Gasteiger partial charge is 0.258 e. The molecule has 1 aliphatic rings. The topological polar surface area (TPSA) is 144 Å². The van der Waals surface area contributed by atoms with Crippen LogP contribution in [0.15, 0.2) is 12.7 Å². The van der Waals surface area contributed by atoms with E-state index in [2.05, 4.69) is 36.5 Å². The first kappa shape index (κ1) is 13.2. The van der Waals surface area contributed by atoms with Gasteiger partial charge in [-0.1, -0.05) is 0 Å². The minimum absolute atomic E-state index is 0.200. The van der Waals surface area contributed by atoms with E-state index in [-0.39, 0.29) is 11.9 Å². The fourth-order valence-corrected chi connectivity index (χ4v) is 1.88. The van der Waals surface area contributed by atoms with Gasteiger partial charge in [-0.25, -0.2) is 10.8 Å². The molecule has 1 aliphatic heterocycles. The van der Waals surface area contributed by atoms with Gasteiger partial charge in [-0.15, -0.1) is 0 Å². The van der Waals surface area contributed by atoms with Gasteiger partial charge >= 0.3 is 0 Å². The maximum absolute atomic E-state index is 8.95. The SMILES string of the molecule is N#CC1CN(c2nc(NN)nc(-n3cncn3)n2)CCO1. The third-order valence-corrected chi connectivity index (χ3v) is 2.86. The standard InChI is InChI=1S/C10H12N10O/c11-3-7-4-19(1-2-21-7)9-15-8(18-12)16-10(17-9)20-6-13-5-14-20/h5-7H,1-2,4,12H2,(H,15,16,17,18). The molecule has 1 saturated heterocycles. The van der Waals surface area contributed by atoms with Crippen LogP contribution in [0.2, 0.25) is 0 Å². The molecule has 3 heterocycles. The highest BCUT2D eigenvalue weighted by Crippen LogP contribution is 2.15. The van der Waals surface area contributed by atoms with Crippen molar-refractivity contribution in [2.24, 2.45) is 5.84 Å². The van der Waals surface area contributed by atoms with Gasteiger partial charge in [-0.2, -0.15) is 30.0 Å². The van der Waals surface area contributed by atoms with Crippen LogP contribution in [0.4, 0.5) is 11.9 Å². The summed E-state index contributed by atoms with van der Waals surface area (Å²) in [4.78, 5) is 18.3. The van der Waals surface area contributed by atoms with Gasteiger partial charge in [0, 0.05) is 6.54 Å². The van der Waals surface area contributed by atoms with Crippen LogP contribution in [-0.2, 0) is 4.74 Å². The van der Waals surface area contributed by atoms with Crippen LogP contribution in [0.5, 0.6) is 0 Å². The van der Waals surface area contributed by atoms with E-state index in [0.717, 1.165) is 0 Å². The highest BCUT2D eigenvalue weighted by atomic mass is 16.5. The minimum atomic E-state index is -0.514. The number of ether oxygens (including phenoxy) is 1. The number of rotatable bonds is 3. The van der Waals surface area contributed by atoms with Gasteiger partial charge in [0.1, 0.15) is 12.7 Å². The van der Waals surface area contributed by atoms with Gasteiger partial charge in [-0.3, -0.25) is 5.43 Å². The molecule has 0 aromatic carbocycles. The Balaban J connectivity index is 1.94. The molecule has 0 saturated carbocycles. The molecule has 11 nitrogen and oxygen atoms in total. The molecule has 3 rings (SSSR count). The number of nitrogens with one attached hydrogen (secondary N) is 1. The zero-order valence-corrected chi connectivity index (χ0v) is 10.9. The Labute approximate surface area is 119 Å². The molecule has 21 heavy (non-hydrogen) atoms. The zero-order valence-electron chi connectivity index (χ0n) is 10.9. The largest absolute Gasteiger partial charge is 0.360 e. The van der Waals surface area contributed by atoms with E-state index in [1.165, 1.54) is 17.3 Å². The first-order chi connectivity index (χ1) is 10.3. The van der Waals surface area contributed by atoms with Crippen molar-refractivity contribution in [1.29, 1.82) is 5.26 Å². The third kappa shape index (κ3) is 2.71. The summed E-state index contributed by atoms with van der Waals surface area (Å²) < 4.78 is 6.69. The van der Waals surface area contributed by atoms with Crippen LogP contribution < -0.4 is 16.2 Å². The average molecular weight is 288 g/mol. The van der Waals surface area contributed by atoms with Gasteiger partial charge in [0.25, 0.3) is 5.95 Å². The molecule has 0 radical (unpaired) electrons. The quantitative estimate of drug-likeness (QED) is 0.504. The number of aromatic nitrogens is 6. The summed E-state index contributed by atoms with van der Waals surface area (Å²) in [6, 6.07) is 2.07. The molecule has 108 valence electrons. The van der Waals surface area contributed by atoms with Gasteiger partial charge < -0.3 is 9.64 Å². The van der Waals surface area contributed by atoms with Gasteiger partial charge in [0.2, 0.25) is 11.9 Å². The summed E-state index contributed by atoms with van der Waals surface area (Å²) in [5.74, 6) is 6.26. The zero-order chi connectivity index (χ0) is 14.7. The number of morpholine rings is 1. The monoisotopic (exact) mass is 288 g/mol. The van der Waals surface area contributed by atoms with E-state index >= 15 is 0 Å². The minimum Gasteiger partial charge on any atom is -0.360 e. The van der Waals surface area contributed by atoms with Crippen LogP contribution in [0.25, 0.3) is 5.95 Å². The summed E-state index contributed by atoms with van der Waals surface area (Å²) in [5, 5.41) is 12.9. The molecular formula is C10H12N10O. The van der Waals surface area contributed by atoms with Gasteiger partial charge in [-0.05, 0) is 0 Å². The predicted molar refractivity (Wildman–Crippen MR) is 70.1 cm³/mol. The first-order valence-corrected chi connectivity index (χ1v) is 6.14. The molecule has 0 amide bonds. The number of nitrogens with zero attached hydrogens (tertiary/aromatic N) is 8. The molecule has 2 aromatic heterocycles. The Bertz CT molecular complexity index is 650. The number of nitrogens with two attached hydrogens (primary N) is 1. The molecule has 1 atom stereocenters. The van der Waals surface area contributed by atoms with Gasteiger partial charge in [0.05, 0.1) is 19.2 Å². The van der Waals surface area contributed by atoms with Crippen molar-refractivity contribution in [2.45, 2.75) is 6.10 Å². The second-order valence-electron chi connectivity index (χ2n) is 4.18. The molecule has 0 spiro atoms. The lowest BCUT2D eigenvalue weighted by Gasteiger charge is -2.29. The maximum Gasteiger partial charge on any atom is 0.258 e. The van der Waals surface area contributed by atoms with Crippen molar-refractivity contribution < 1.29 is 4.74 Å². The van der Waals surface area contributed by atoms with Crippen LogP contribution in [-0.4, -0.2) is 55.5 Å². The lowest BCUT2D eigenvalue weighted by Crippen LogP contribution is -2.43. The van der Waals surface area contributed by atoms with Crippen LogP contribution >= 0.6 is 0 Å². The van der Waals surface area contributed by atoms with E-state index in [4.69, 9.17) is 15.8 Å². The number of hydrogen-bond donors (Lipinski definition) is 2. The Hall–Kier alpha value is -2.84. The number of anilines is 2. The Morgan fingerprint density at radius 2 is 2.24 bits per heavy atom. The van der Waals surface area contributed by atoms with Crippen molar-refractivity contribution in [1.82, 2.24) is 29.7 Å². The van der Waals surface area contributed by atoms with E-state index in [0.29, 0.717) is 25.6 Å². The van der Waals surface area contributed by atoms with E-state index in [1.807, 2.05) is 4.90 Å². The van der Waals surface area contributed by atoms with Gasteiger partial charge in [0.15, 0.2) is 6.10 Å². The summed E-state index contributed by atoms with van der Waals surface area (Å²) >= 11 is 0. The molecular weight excluding hydrogens is 276 g/mol. The lowest BCUT2D eigenvalue weighted by atomic mass is 10.3. The number of hydrazine groups is 1. The normalized spacial score (nSPS) is 18.3. The Morgan fingerprint density at radius 1 is 1.38 bits per heavy atom. The third-order valence-electron chi connectivity index (χ3n) is 2.86. The summed E-state index contributed by atoms with van der Waals surface area (Å²) in [6.07, 6.45) is 2.33. The predicted octanol–water partition coefficient (Wildman–Crippen LogP) is -1.53. The van der Waals surface area contributed by atoms with Crippen molar-refractivity contribution in [3.63, 3.8) is 0 Å². The lowest BCUT2D eigenvalue weighted by molar-refractivity contribution is 0.0758. The summed E-state index contributed by atoms with van der Waals surface area (Å²) in [7, 11) is 0. The second-order valence-corrected chi connectivity index (χ2v) is 4.18. The highest BCUT2D eigenvalue weighted by Gasteiger charge is 2.23. The maximum atomic E-state index is 8.95. The molecule has 1 fully saturated rings. The summed E-state index contributed by atoms with van der Waals surface area (Å²) in [6.45, 7) is 1.37. The molecule has 3 N–H and O–H groups in total. The Morgan fingerprint density at radius 3 is 2.95 bits per heavy atom. The summed E-state index contributed by atoms with van der Waals surface area (Å²) in [5.41, 5.74) is 2.39. The Kier molecular flexibility index (Phi) is 3.54. The highest BCUT2D eigenvalue weighted by molar-refractivity contribution is 5.40. The van der Waals surface area contributed by atoms with E-state index < -0.39 is 6.10 Å². The molecule has 1 unspecified atom stereocenters. The van der Waals surface area contributed by atoms with Crippen LogP contribution in [0, 0.1) is 11.3 Å². The number of nitriles is 1.